The standard InChI is InChI=1S/C20H38O2/c1-3-21-15-19(17-11-7-5-8-12-17)20(16-22-4-2)18-13-9-6-10-14-18/h17-20H,3-16H2,1-2H3. The summed E-state index contributed by atoms with van der Waals surface area (Å²) >= 11 is 0. The fraction of sp³-hybridized carbons (Fsp3) is 1.00. The molecule has 0 aromatic carbocycles. The van der Waals surface area contributed by atoms with Crippen LogP contribution in [0.2, 0.25) is 0 Å². The lowest BCUT2D eigenvalue weighted by Gasteiger charge is -2.40. The third-order valence-corrected chi connectivity index (χ3v) is 6.09. The summed E-state index contributed by atoms with van der Waals surface area (Å²) in [4.78, 5) is 0. The first-order valence-electron chi connectivity index (χ1n) is 10.0. The Morgan fingerprint density at radius 3 is 1.32 bits per heavy atom. The highest BCUT2D eigenvalue weighted by Gasteiger charge is 2.35. The molecular weight excluding hydrogens is 272 g/mol. The lowest BCUT2D eigenvalue weighted by Crippen LogP contribution is -2.37. The minimum absolute atomic E-state index is 0.731. The Morgan fingerprint density at radius 1 is 0.636 bits per heavy atom. The lowest BCUT2D eigenvalue weighted by atomic mass is 9.67. The molecule has 2 aliphatic rings. The summed E-state index contributed by atoms with van der Waals surface area (Å²) in [7, 11) is 0. The van der Waals surface area contributed by atoms with Crippen LogP contribution in [0.5, 0.6) is 0 Å². The van der Waals surface area contributed by atoms with Crippen molar-refractivity contribution in [3.8, 4) is 0 Å². The van der Waals surface area contributed by atoms with Gasteiger partial charge in [0.05, 0.1) is 0 Å². The summed E-state index contributed by atoms with van der Waals surface area (Å²) in [6.07, 6.45) is 14.3. The van der Waals surface area contributed by atoms with E-state index >= 15 is 0 Å². The molecule has 2 nitrogen and oxygen atoms in total. The first-order valence-corrected chi connectivity index (χ1v) is 10.0. The summed E-state index contributed by atoms with van der Waals surface area (Å²) < 4.78 is 11.9. The quantitative estimate of drug-likeness (QED) is 0.563. The van der Waals surface area contributed by atoms with Gasteiger partial charge in [-0.05, 0) is 37.5 Å². The fourth-order valence-corrected chi connectivity index (χ4v) is 4.85. The van der Waals surface area contributed by atoms with E-state index in [-0.39, 0.29) is 0 Å². The minimum atomic E-state index is 0.731. The van der Waals surface area contributed by atoms with Crippen LogP contribution in [-0.2, 0) is 9.47 Å². The van der Waals surface area contributed by atoms with Crippen LogP contribution in [0.4, 0.5) is 0 Å². The Bertz CT molecular complexity index is 239. The first-order chi connectivity index (χ1) is 10.9. The highest BCUT2D eigenvalue weighted by atomic mass is 16.5. The lowest BCUT2D eigenvalue weighted by molar-refractivity contribution is -0.0218. The van der Waals surface area contributed by atoms with Crippen molar-refractivity contribution >= 4 is 0 Å². The summed E-state index contributed by atoms with van der Waals surface area (Å²) in [5, 5.41) is 0. The maximum Gasteiger partial charge on any atom is 0.0500 e. The molecule has 0 heterocycles. The van der Waals surface area contributed by atoms with Crippen LogP contribution in [0.25, 0.3) is 0 Å². The molecule has 0 N–H and O–H groups in total. The highest BCUT2D eigenvalue weighted by Crippen LogP contribution is 2.41. The van der Waals surface area contributed by atoms with Crippen molar-refractivity contribution in [2.24, 2.45) is 23.7 Å². The van der Waals surface area contributed by atoms with Gasteiger partial charge in [-0.2, -0.15) is 0 Å². The van der Waals surface area contributed by atoms with Gasteiger partial charge >= 0.3 is 0 Å². The van der Waals surface area contributed by atoms with Gasteiger partial charge in [-0.15, -0.1) is 0 Å². The van der Waals surface area contributed by atoms with Gasteiger partial charge in [-0.25, -0.2) is 0 Å². The molecule has 130 valence electrons. The molecule has 0 radical (unpaired) electrons. The van der Waals surface area contributed by atoms with Gasteiger partial charge in [0, 0.05) is 26.4 Å². The van der Waals surface area contributed by atoms with E-state index in [0.29, 0.717) is 0 Å². The Kier molecular flexibility index (Phi) is 8.84. The Morgan fingerprint density at radius 2 is 1.00 bits per heavy atom. The average molecular weight is 311 g/mol. The Labute approximate surface area is 138 Å². The summed E-state index contributed by atoms with van der Waals surface area (Å²) in [6.45, 7) is 7.92. The molecule has 0 saturated heterocycles. The van der Waals surface area contributed by atoms with Gasteiger partial charge in [-0.3, -0.25) is 0 Å². The largest absolute Gasteiger partial charge is 0.381 e. The predicted octanol–water partition coefficient (Wildman–Crippen LogP) is 5.45. The summed E-state index contributed by atoms with van der Waals surface area (Å²) in [5.41, 5.74) is 0. The zero-order valence-electron chi connectivity index (χ0n) is 15.0. The van der Waals surface area contributed by atoms with Crippen LogP contribution in [-0.4, -0.2) is 26.4 Å². The number of hydrogen-bond acceptors (Lipinski definition) is 2. The fourth-order valence-electron chi connectivity index (χ4n) is 4.85. The molecule has 2 unspecified atom stereocenters. The van der Waals surface area contributed by atoms with Crippen molar-refractivity contribution in [2.75, 3.05) is 26.4 Å². The van der Waals surface area contributed by atoms with Crippen molar-refractivity contribution in [1.29, 1.82) is 0 Å². The topological polar surface area (TPSA) is 18.5 Å². The second kappa shape index (κ2) is 10.6. The molecule has 0 amide bonds. The molecule has 0 spiro atoms. The normalized spacial score (nSPS) is 24.3. The third kappa shape index (κ3) is 5.53. The summed E-state index contributed by atoms with van der Waals surface area (Å²) in [6, 6.07) is 0. The average Bonchev–Trinajstić information content (AvgIpc) is 2.59. The van der Waals surface area contributed by atoms with Gasteiger partial charge in [0.1, 0.15) is 0 Å². The van der Waals surface area contributed by atoms with Crippen LogP contribution in [0.3, 0.4) is 0 Å². The monoisotopic (exact) mass is 310 g/mol. The minimum Gasteiger partial charge on any atom is -0.381 e. The number of hydrogen-bond donors (Lipinski definition) is 0. The second-order valence-corrected chi connectivity index (χ2v) is 7.44. The number of ether oxygens (including phenoxy) is 2. The van der Waals surface area contributed by atoms with Crippen molar-refractivity contribution in [1.82, 2.24) is 0 Å². The zero-order valence-corrected chi connectivity index (χ0v) is 15.0. The van der Waals surface area contributed by atoms with Gasteiger partial charge in [0.2, 0.25) is 0 Å². The molecule has 0 bridgehead atoms. The second-order valence-electron chi connectivity index (χ2n) is 7.44. The third-order valence-electron chi connectivity index (χ3n) is 6.09. The van der Waals surface area contributed by atoms with E-state index in [0.717, 1.165) is 50.1 Å². The molecule has 2 rings (SSSR count). The molecule has 2 heteroatoms. The predicted molar refractivity (Wildman–Crippen MR) is 93.1 cm³/mol. The molecule has 2 aliphatic carbocycles. The van der Waals surface area contributed by atoms with Gasteiger partial charge in [0.15, 0.2) is 0 Å². The Hall–Kier alpha value is -0.0800. The van der Waals surface area contributed by atoms with E-state index in [1.165, 1.54) is 64.2 Å². The van der Waals surface area contributed by atoms with Crippen molar-refractivity contribution in [3.63, 3.8) is 0 Å². The van der Waals surface area contributed by atoms with Crippen LogP contribution >= 0.6 is 0 Å². The SMILES string of the molecule is CCOCC(C1CCCCC1)C(COCC)C1CCCCC1. The maximum absolute atomic E-state index is 5.95. The van der Waals surface area contributed by atoms with Crippen LogP contribution in [0.15, 0.2) is 0 Å². The van der Waals surface area contributed by atoms with Gasteiger partial charge in [-0.1, -0.05) is 64.2 Å². The molecule has 2 saturated carbocycles. The molecule has 22 heavy (non-hydrogen) atoms. The van der Waals surface area contributed by atoms with Crippen LogP contribution < -0.4 is 0 Å². The van der Waals surface area contributed by atoms with Crippen LogP contribution in [0, 0.1) is 23.7 Å². The van der Waals surface area contributed by atoms with Gasteiger partial charge in [0.25, 0.3) is 0 Å². The van der Waals surface area contributed by atoms with E-state index in [9.17, 15) is 0 Å². The van der Waals surface area contributed by atoms with Gasteiger partial charge < -0.3 is 9.47 Å². The highest BCUT2D eigenvalue weighted by molar-refractivity contribution is 4.85. The zero-order chi connectivity index (χ0) is 15.6. The molecule has 2 fully saturated rings. The molecule has 0 aromatic rings. The molecule has 0 aromatic heterocycles. The van der Waals surface area contributed by atoms with E-state index < -0.39 is 0 Å². The van der Waals surface area contributed by atoms with E-state index in [1.807, 2.05) is 0 Å². The molecule has 0 aliphatic heterocycles. The van der Waals surface area contributed by atoms with Crippen molar-refractivity contribution in [2.45, 2.75) is 78.1 Å². The summed E-state index contributed by atoms with van der Waals surface area (Å²) in [5.74, 6) is 3.23. The molecular formula is C20H38O2. The van der Waals surface area contributed by atoms with E-state index in [1.54, 1.807) is 0 Å². The van der Waals surface area contributed by atoms with Crippen molar-refractivity contribution in [3.05, 3.63) is 0 Å². The van der Waals surface area contributed by atoms with Crippen LogP contribution in [0.1, 0.15) is 78.1 Å². The smallest absolute Gasteiger partial charge is 0.0500 e. The number of rotatable bonds is 9. The van der Waals surface area contributed by atoms with E-state index in [4.69, 9.17) is 9.47 Å². The van der Waals surface area contributed by atoms with Crippen molar-refractivity contribution < 1.29 is 9.47 Å². The Balaban J connectivity index is 2.05. The van der Waals surface area contributed by atoms with E-state index in [2.05, 4.69) is 13.8 Å². The first kappa shape index (κ1) is 18.3. The maximum atomic E-state index is 5.95. The molecule has 2 atom stereocenters.